The Balaban J connectivity index is 1.63. The molecule has 0 saturated heterocycles. The van der Waals surface area contributed by atoms with Crippen molar-refractivity contribution in [2.24, 2.45) is 5.10 Å². The fourth-order valence-corrected chi connectivity index (χ4v) is 2.99. The number of carbonyl (C=O) groups excluding carboxylic acids is 3. The van der Waals surface area contributed by atoms with E-state index >= 15 is 0 Å². The maximum absolute atomic E-state index is 12.7. The predicted octanol–water partition coefficient (Wildman–Crippen LogP) is 3.79. The first-order valence-corrected chi connectivity index (χ1v) is 10.5. The Labute approximate surface area is 200 Å². The van der Waals surface area contributed by atoms with E-state index in [9.17, 15) is 19.5 Å². The van der Waals surface area contributed by atoms with Crippen molar-refractivity contribution in [3.63, 3.8) is 0 Å². The van der Waals surface area contributed by atoms with Gasteiger partial charge in [-0.2, -0.15) is 5.10 Å². The summed E-state index contributed by atoms with van der Waals surface area (Å²) in [7, 11) is 0. The van der Waals surface area contributed by atoms with Crippen molar-refractivity contribution < 1.29 is 24.2 Å². The van der Waals surface area contributed by atoms with Gasteiger partial charge >= 0.3 is 11.8 Å². The van der Waals surface area contributed by atoms with E-state index in [-0.39, 0.29) is 22.6 Å². The van der Waals surface area contributed by atoms with E-state index < -0.39 is 17.7 Å². The summed E-state index contributed by atoms with van der Waals surface area (Å²) >= 11 is 5.85. The molecule has 34 heavy (non-hydrogen) atoms. The molecule has 3 aromatic carbocycles. The Bertz CT molecular complexity index is 1230. The molecule has 0 saturated carbocycles. The monoisotopic (exact) mass is 480 g/mol. The number of carbonyl (C=O) groups is 3. The molecule has 0 atom stereocenters. The number of halogens is 1. The molecular formula is C24H21ClN4O5. The molecule has 0 aliphatic rings. The summed E-state index contributed by atoms with van der Waals surface area (Å²) in [6, 6.07) is 17.4. The topological polar surface area (TPSA) is 129 Å². The van der Waals surface area contributed by atoms with Gasteiger partial charge in [0.1, 0.15) is 11.5 Å². The summed E-state index contributed by atoms with van der Waals surface area (Å²) in [6.45, 7) is 2.40. The molecule has 0 aromatic heterocycles. The second-order valence-electron chi connectivity index (χ2n) is 6.81. The average molecular weight is 481 g/mol. The second kappa shape index (κ2) is 11.5. The largest absolute Gasteiger partial charge is 0.507 e. The van der Waals surface area contributed by atoms with Crippen LogP contribution in [-0.4, -0.2) is 35.6 Å². The first-order chi connectivity index (χ1) is 16.4. The van der Waals surface area contributed by atoms with Crippen LogP contribution in [0.4, 0.5) is 11.4 Å². The third kappa shape index (κ3) is 6.57. The maximum atomic E-state index is 12.7. The van der Waals surface area contributed by atoms with Gasteiger partial charge in [-0.1, -0.05) is 23.7 Å². The van der Waals surface area contributed by atoms with Crippen LogP contribution >= 0.6 is 11.6 Å². The number of nitrogens with zero attached hydrogens (tertiary/aromatic N) is 1. The lowest BCUT2D eigenvalue weighted by Crippen LogP contribution is -2.33. The molecule has 0 aliphatic heterocycles. The smallest absolute Gasteiger partial charge is 0.329 e. The molecule has 10 heteroatoms. The van der Waals surface area contributed by atoms with Gasteiger partial charge < -0.3 is 20.5 Å². The van der Waals surface area contributed by atoms with Gasteiger partial charge in [0, 0.05) is 16.3 Å². The van der Waals surface area contributed by atoms with Crippen LogP contribution in [0.3, 0.4) is 0 Å². The van der Waals surface area contributed by atoms with Gasteiger partial charge in [0.25, 0.3) is 5.91 Å². The van der Waals surface area contributed by atoms with Crippen LogP contribution < -0.4 is 20.8 Å². The van der Waals surface area contributed by atoms with Crippen molar-refractivity contribution in [1.29, 1.82) is 0 Å². The molecule has 4 N–H and O–H groups in total. The second-order valence-corrected chi connectivity index (χ2v) is 7.25. The zero-order valence-corrected chi connectivity index (χ0v) is 18.8. The quantitative estimate of drug-likeness (QED) is 0.232. The highest BCUT2D eigenvalue weighted by Gasteiger charge is 2.18. The van der Waals surface area contributed by atoms with E-state index in [0.29, 0.717) is 23.1 Å². The van der Waals surface area contributed by atoms with Crippen LogP contribution in [0.2, 0.25) is 5.02 Å². The highest BCUT2D eigenvalue weighted by Crippen LogP contribution is 2.21. The number of hydrazone groups is 1. The van der Waals surface area contributed by atoms with Crippen molar-refractivity contribution in [2.75, 3.05) is 17.2 Å². The van der Waals surface area contributed by atoms with E-state index in [0.717, 1.165) is 6.21 Å². The van der Waals surface area contributed by atoms with Crippen LogP contribution in [0.25, 0.3) is 0 Å². The average Bonchev–Trinajstić information content (AvgIpc) is 2.83. The number of hydrogen-bond donors (Lipinski definition) is 4. The molecule has 0 bridgehead atoms. The number of rotatable bonds is 7. The number of aromatic hydroxyl groups is 1. The van der Waals surface area contributed by atoms with Crippen molar-refractivity contribution >= 4 is 46.9 Å². The molecule has 0 radical (unpaired) electrons. The normalized spacial score (nSPS) is 10.5. The lowest BCUT2D eigenvalue weighted by molar-refractivity contribution is -0.136. The first-order valence-electron chi connectivity index (χ1n) is 10.1. The van der Waals surface area contributed by atoms with Crippen molar-refractivity contribution in [3.05, 3.63) is 82.9 Å². The number of hydrogen-bond acceptors (Lipinski definition) is 6. The van der Waals surface area contributed by atoms with E-state index in [1.165, 1.54) is 30.3 Å². The van der Waals surface area contributed by atoms with Crippen molar-refractivity contribution in [2.45, 2.75) is 6.92 Å². The molecule has 3 rings (SSSR count). The third-order valence-corrected chi connectivity index (χ3v) is 4.64. The minimum atomic E-state index is -1.07. The standard InChI is InChI=1S/C24H21ClN4O5/c1-2-34-18-10-8-17(9-11-18)27-22(31)19-5-3-4-6-20(19)28-23(32)24(33)29-26-14-15-13-16(25)7-12-21(15)30/h3-14,30H,2H2,1H3,(H,27,31)(H,28,32)(H,29,33). The predicted molar refractivity (Wildman–Crippen MR) is 129 cm³/mol. The van der Waals surface area contributed by atoms with Gasteiger partial charge in [-0.15, -0.1) is 0 Å². The van der Waals surface area contributed by atoms with Crippen LogP contribution in [0.5, 0.6) is 11.5 Å². The zero-order chi connectivity index (χ0) is 24.5. The van der Waals surface area contributed by atoms with Crippen LogP contribution in [-0.2, 0) is 9.59 Å². The fraction of sp³-hybridized carbons (Fsp3) is 0.0833. The lowest BCUT2D eigenvalue weighted by Gasteiger charge is -2.11. The molecule has 0 heterocycles. The van der Waals surface area contributed by atoms with Gasteiger partial charge in [-0.3, -0.25) is 14.4 Å². The summed E-state index contributed by atoms with van der Waals surface area (Å²) < 4.78 is 5.37. The molecule has 3 amide bonds. The summed E-state index contributed by atoms with van der Waals surface area (Å²) in [5, 5.41) is 18.9. The molecule has 0 unspecified atom stereocenters. The Hall–Kier alpha value is -4.37. The summed E-state index contributed by atoms with van der Waals surface area (Å²) in [6.07, 6.45) is 1.14. The van der Waals surface area contributed by atoms with E-state index in [1.54, 1.807) is 36.4 Å². The van der Waals surface area contributed by atoms with Gasteiger partial charge in [0.15, 0.2) is 0 Å². The SMILES string of the molecule is CCOc1ccc(NC(=O)c2ccccc2NC(=O)C(=O)NN=Cc2cc(Cl)ccc2O)cc1. The van der Waals surface area contributed by atoms with E-state index in [2.05, 4.69) is 21.2 Å². The number of phenolic OH excluding ortho intramolecular Hbond substituents is 1. The minimum Gasteiger partial charge on any atom is -0.507 e. The summed E-state index contributed by atoms with van der Waals surface area (Å²) in [5.74, 6) is -2.00. The number of benzene rings is 3. The number of ether oxygens (including phenoxy) is 1. The van der Waals surface area contributed by atoms with Crippen LogP contribution in [0, 0.1) is 0 Å². The maximum Gasteiger partial charge on any atom is 0.329 e. The number of nitrogens with one attached hydrogen (secondary N) is 3. The minimum absolute atomic E-state index is 0.0979. The Morgan fingerprint density at radius 2 is 1.74 bits per heavy atom. The molecule has 0 aliphatic carbocycles. The van der Waals surface area contributed by atoms with Gasteiger partial charge in [-0.25, -0.2) is 5.43 Å². The molecule has 0 fully saturated rings. The van der Waals surface area contributed by atoms with Crippen LogP contribution in [0.15, 0.2) is 71.8 Å². The van der Waals surface area contributed by atoms with Crippen LogP contribution in [0.1, 0.15) is 22.8 Å². The molecule has 9 nitrogen and oxygen atoms in total. The third-order valence-electron chi connectivity index (χ3n) is 4.41. The van der Waals surface area contributed by atoms with Crippen molar-refractivity contribution in [1.82, 2.24) is 5.43 Å². The Morgan fingerprint density at radius 1 is 1.00 bits per heavy atom. The van der Waals surface area contributed by atoms with Gasteiger partial charge in [0.05, 0.1) is 24.1 Å². The molecule has 174 valence electrons. The Kier molecular flexibility index (Phi) is 8.20. The number of amides is 3. The molecular weight excluding hydrogens is 460 g/mol. The summed E-state index contributed by atoms with van der Waals surface area (Å²) in [4.78, 5) is 37.1. The molecule has 3 aromatic rings. The number of phenols is 1. The number of para-hydroxylation sites is 1. The van der Waals surface area contributed by atoms with Crippen molar-refractivity contribution in [3.8, 4) is 11.5 Å². The lowest BCUT2D eigenvalue weighted by atomic mass is 10.1. The van der Waals surface area contributed by atoms with E-state index in [4.69, 9.17) is 16.3 Å². The highest BCUT2D eigenvalue weighted by atomic mass is 35.5. The van der Waals surface area contributed by atoms with Gasteiger partial charge in [-0.05, 0) is 61.5 Å². The summed E-state index contributed by atoms with van der Waals surface area (Å²) in [5.41, 5.74) is 3.14. The molecule has 0 spiro atoms. The first kappa shape index (κ1) is 24.3. The fourth-order valence-electron chi connectivity index (χ4n) is 2.81. The highest BCUT2D eigenvalue weighted by molar-refractivity contribution is 6.40. The van der Waals surface area contributed by atoms with Gasteiger partial charge in [0.2, 0.25) is 0 Å². The van der Waals surface area contributed by atoms with E-state index in [1.807, 2.05) is 6.92 Å². The zero-order valence-electron chi connectivity index (χ0n) is 18.0. The number of anilines is 2. The Morgan fingerprint density at radius 3 is 2.47 bits per heavy atom.